The lowest BCUT2D eigenvalue weighted by atomic mass is 10.3. The van der Waals surface area contributed by atoms with Crippen LogP contribution in [-0.4, -0.2) is 37.6 Å². The van der Waals surface area contributed by atoms with Crippen LogP contribution in [0.15, 0.2) is 24.3 Å². The SMILES string of the molecule is CCN(CC)CCN(CC)c1cc[c]cc1. The molecule has 1 radical (unpaired) electrons. The van der Waals surface area contributed by atoms with Gasteiger partial charge in [-0.2, -0.15) is 0 Å². The third kappa shape index (κ3) is 3.86. The minimum Gasteiger partial charge on any atom is -0.371 e. The molecule has 1 aromatic carbocycles. The molecule has 0 N–H and O–H groups in total. The first-order chi connectivity index (χ1) is 7.81. The van der Waals surface area contributed by atoms with E-state index in [1.54, 1.807) is 0 Å². The number of hydrogen-bond donors (Lipinski definition) is 0. The topological polar surface area (TPSA) is 6.48 Å². The Bertz CT molecular complexity index is 267. The minimum atomic E-state index is 1.06. The lowest BCUT2D eigenvalue weighted by molar-refractivity contribution is 0.310. The molecule has 0 heterocycles. The third-order valence-electron chi connectivity index (χ3n) is 3.03. The second-order valence-corrected chi connectivity index (χ2v) is 3.86. The van der Waals surface area contributed by atoms with Crippen LogP contribution in [-0.2, 0) is 0 Å². The molecule has 1 aromatic rings. The Hall–Kier alpha value is -1.02. The zero-order valence-electron chi connectivity index (χ0n) is 10.7. The van der Waals surface area contributed by atoms with Gasteiger partial charge in [0.2, 0.25) is 0 Å². The van der Waals surface area contributed by atoms with E-state index >= 15 is 0 Å². The van der Waals surface area contributed by atoms with Gasteiger partial charge in [-0.1, -0.05) is 26.0 Å². The van der Waals surface area contributed by atoms with Crippen LogP contribution in [0.3, 0.4) is 0 Å². The molecule has 0 aromatic heterocycles. The summed E-state index contributed by atoms with van der Waals surface area (Å²) in [6.45, 7) is 12.2. The zero-order chi connectivity index (χ0) is 11.8. The van der Waals surface area contributed by atoms with Gasteiger partial charge in [0.1, 0.15) is 0 Å². The van der Waals surface area contributed by atoms with Gasteiger partial charge in [-0.15, -0.1) is 0 Å². The number of anilines is 1. The Balaban J connectivity index is 2.50. The highest BCUT2D eigenvalue weighted by molar-refractivity contribution is 5.45. The lowest BCUT2D eigenvalue weighted by Crippen LogP contribution is -2.35. The molecule has 0 amide bonds. The molecule has 89 valence electrons. The molecule has 16 heavy (non-hydrogen) atoms. The van der Waals surface area contributed by atoms with Gasteiger partial charge in [0.25, 0.3) is 0 Å². The maximum Gasteiger partial charge on any atom is 0.0366 e. The standard InChI is InChI=1S/C14H23N2/c1-4-15(5-2)12-13-16(6-3)14-10-8-7-9-11-14/h8-11H,4-6,12-13H2,1-3H3. The van der Waals surface area contributed by atoms with E-state index in [2.05, 4.69) is 48.8 Å². The molecule has 0 saturated heterocycles. The van der Waals surface area contributed by atoms with E-state index < -0.39 is 0 Å². The number of rotatable bonds is 7. The van der Waals surface area contributed by atoms with Crippen LogP contribution in [0.1, 0.15) is 20.8 Å². The van der Waals surface area contributed by atoms with Crippen LogP contribution in [0.2, 0.25) is 0 Å². The summed E-state index contributed by atoms with van der Waals surface area (Å²) in [7, 11) is 0. The van der Waals surface area contributed by atoms with Crippen molar-refractivity contribution in [2.75, 3.05) is 37.6 Å². The number of benzene rings is 1. The van der Waals surface area contributed by atoms with Crippen molar-refractivity contribution in [3.8, 4) is 0 Å². The predicted octanol–water partition coefficient (Wildman–Crippen LogP) is 2.65. The summed E-state index contributed by atoms with van der Waals surface area (Å²) in [4.78, 5) is 4.86. The van der Waals surface area contributed by atoms with E-state index in [-0.39, 0.29) is 0 Å². The van der Waals surface area contributed by atoms with Gasteiger partial charge < -0.3 is 9.80 Å². The largest absolute Gasteiger partial charge is 0.371 e. The van der Waals surface area contributed by atoms with Crippen molar-refractivity contribution in [3.63, 3.8) is 0 Å². The molecule has 0 atom stereocenters. The van der Waals surface area contributed by atoms with Crippen molar-refractivity contribution >= 4 is 5.69 Å². The smallest absolute Gasteiger partial charge is 0.0366 e. The van der Waals surface area contributed by atoms with Crippen LogP contribution in [0.4, 0.5) is 5.69 Å². The van der Waals surface area contributed by atoms with Gasteiger partial charge in [-0.05, 0) is 38.2 Å². The summed E-state index contributed by atoms with van der Waals surface area (Å²) in [5, 5.41) is 0. The highest BCUT2D eigenvalue weighted by Gasteiger charge is 2.05. The highest BCUT2D eigenvalue weighted by Crippen LogP contribution is 2.12. The van der Waals surface area contributed by atoms with E-state index in [1.165, 1.54) is 5.69 Å². The number of nitrogens with zero attached hydrogens (tertiary/aromatic N) is 2. The molecule has 0 saturated carbocycles. The average Bonchev–Trinajstić information content (AvgIpc) is 2.36. The summed E-state index contributed by atoms with van der Waals surface area (Å²) in [6.07, 6.45) is 0. The third-order valence-corrected chi connectivity index (χ3v) is 3.03. The normalized spacial score (nSPS) is 10.8. The maximum absolute atomic E-state index is 3.06. The molecule has 0 spiro atoms. The fraction of sp³-hybridized carbons (Fsp3) is 0.571. The molecule has 1 rings (SSSR count). The minimum absolute atomic E-state index is 1.06. The first-order valence-electron chi connectivity index (χ1n) is 6.25. The van der Waals surface area contributed by atoms with E-state index in [0.29, 0.717) is 0 Å². The Labute approximate surface area is 99.9 Å². The molecule has 0 bridgehead atoms. The van der Waals surface area contributed by atoms with E-state index in [4.69, 9.17) is 0 Å². The molecule has 0 aliphatic carbocycles. The first kappa shape index (κ1) is 13.0. The van der Waals surface area contributed by atoms with Crippen molar-refractivity contribution in [1.82, 2.24) is 4.90 Å². The Morgan fingerprint density at radius 2 is 1.56 bits per heavy atom. The first-order valence-corrected chi connectivity index (χ1v) is 6.25. The molecule has 2 heteroatoms. The van der Waals surface area contributed by atoms with Crippen LogP contribution in [0.25, 0.3) is 0 Å². The van der Waals surface area contributed by atoms with E-state index in [0.717, 1.165) is 32.7 Å². The predicted molar refractivity (Wildman–Crippen MR) is 71.0 cm³/mol. The quantitative estimate of drug-likeness (QED) is 0.695. The molecule has 2 nitrogen and oxygen atoms in total. The van der Waals surface area contributed by atoms with Gasteiger partial charge in [0, 0.05) is 25.3 Å². The number of hydrogen-bond acceptors (Lipinski definition) is 2. The van der Waals surface area contributed by atoms with Gasteiger partial charge in [0.15, 0.2) is 0 Å². The summed E-state index contributed by atoms with van der Waals surface area (Å²) in [5.41, 5.74) is 1.30. The van der Waals surface area contributed by atoms with Gasteiger partial charge in [0.05, 0.1) is 0 Å². The Kier molecular flexibility index (Phi) is 5.94. The second-order valence-electron chi connectivity index (χ2n) is 3.86. The van der Waals surface area contributed by atoms with Gasteiger partial charge >= 0.3 is 0 Å². The lowest BCUT2D eigenvalue weighted by Gasteiger charge is -2.27. The maximum atomic E-state index is 3.06. The Morgan fingerprint density at radius 1 is 0.938 bits per heavy atom. The fourth-order valence-corrected chi connectivity index (χ4v) is 1.86. The zero-order valence-corrected chi connectivity index (χ0v) is 10.7. The molecular formula is C14H23N2. The van der Waals surface area contributed by atoms with Crippen molar-refractivity contribution in [2.24, 2.45) is 0 Å². The summed E-state index contributed by atoms with van der Waals surface area (Å²) >= 11 is 0. The van der Waals surface area contributed by atoms with Crippen molar-refractivity contribution in [2.45, 2.75) is 20.8 Å². The van der Waals surface area contributed by atoms with Crippen LogP contribution >= 0.6 is 0 Å². The fourth-order valence-electron chi connectivity index (χ4n) is 1.86. The summed E-state index contributed by atoms with van der Waals surface area (Å²) in [5.74, 6) is 0. The summed E-state index contributed by atoms with van der Waals surface area (Å²) < 4.78 is 0. The van der Waals surface area contributed by atoms with Crippen LogP contribution in [0, 0.1) is 6.07 Å². The summed E-state index contributed by atoms with van der Waals surface area (Å²) in [6, 6.07) is 11.3. The van der Waals surface area contributed by atoms with Gasteiger partial charge in [-0.25, -0.2) is 0 Å². The highest BCUT2D eigenvalue weighted by atomic mass is 15.2. The van der Waals surface area contributed by atoms with Crippen LogP contribution < -0.4 is 4.90 Å². The van der Waals surface area contributed by atoms with Crippen molar-refractivity contribution < 1.29 is 0 Å². The molecule has 0 fully saturated rings. The van der Waals surface area contributed by atoms with Crippen LogP contribution in [0.5, 0.6) is 0 Å². The Morgan fingerprint density at radius 3 is 2.06 bits per heavy atom. The average molecular weight is 219 g/mol. The molecule has 0 unspecified atom stereocenters. The van der Waals surface area contributed by atoms with Crippen molar-refractivity contribution in [1.29, 1.82) is 0 Å². The molecular weight excluding hydrogens is 196 g/mol. The van der Waals surface area contributed by atoms with E-state index in [9.17, 15) is 0 Å². The van der Waals surface area contributed by atoms with Crippen molar-refractivity contribution in [3.05, 3.63) is 30.3 Å². The number of likely N-dealkylation sites (N-methyl/N-ethyl adjacent to an activating group) is 2. The molecule has 0 aliphatic heterocycles. The van der Waals surface area contributed by atoms with Gasteiger partial charge in [-0.3, -0.25) is 0 Å². The van der Waals surface area contributed by atoms with E-state index in [1.807, 2.05) is 12.1 Å². The second kappa shape index (κ2) is 7.29. The molecule has 0 aliphatic rings. The monoisotopic (exact) mass is 219 g/mol.